The van der Waals surface area contributed by atoms with Crippen LogP contribution in [0.3, 0.4) is 0 Å². The summed E-state index contributed by atoms with van der Waals surface area (Å²) < 4.78 is 10.4. The molecule has 1 N–H and O–H groups in total. The highest BCUT2D eigenvalue weighted by Crippen LogP contribution is 2.29. The topological polar surface area (TPSA) is 64.4 Å². The second-order valence-electron chi connectivity index (χ2n) is 4.75. The quantitative estimate of drug-likeness (QED) is 0.854. The molecule has 2 heterocycles. The number of hydrogen-bond donors (Lipinski definition) is 1. The maximum absolute atomic E-state index is 11.6. The van der Waals surface area contributed by atoms with Crippen molar-refractivity contribution in [2.24, 2.45) is 0 Å². The van der Waals surface area contributed by atoms with Crippen LogP contribution >= 0.6 is 11.6 Å². The lowest BCUT2D eigenvalue weighted by molar-refractivity contribution is 0.0636. The van der Waals surface area contributed by atoms with E-state index in [1.807, 2.05) is 0 Å². The molecule has 0 spiro atoms. The van der Waals surface area contributed by atoms with E-state index in [2.05, 4.69) is 10.3 Å². The van der Waals surface area contributed by atoms with E-state index in [9.17, 15) is 4.79 Å². The van der Waals surface area contributed by atoms with Crippen LogP contribution in [0.5, 0.6) is 0 Å². The third-order valence-corrected chi connectivity index (χ3v) is 2.34. The molecule has 0 aliphatic heterocycles. The number of carbonyl (C=O) groups is 1. The van der Waals surface area contributed by atoms with Gasteiger partial charge in [-0.2, -0.15) is 0 Å². The Morgan fingerprint density at radius 3 is 2.89 bits per heavy atom. The van der Waals surface area contributed by atoms with E-state index in [4.69, 9.17) is 20.8 Å². The van der Waals surface area contributed by atoms with Crippen LogP contribution in [0.4, 0.5) is 10.5 Å². The zero-order valence-electron chi connectivity index (χ0n) is 10.3. The van der Waals surface area contributed by atoms with E-state index < -0.39 is 11.7 Å². The highest BCUT2D eigenvalue weighted by atomic mass is 35.5. The minimum atomic E-state index is -0.563. The molecule has 2 rings (SSSR count). The molecule has 96 valence electrons. The molecule has 0 bridgehead atoms. The number of nitrogens with one attached hydrogen (secondary N) is 1. The number of rotatable bonds is 1. The maximum Gasteiger partial charge on any atom is 0.412 e. The lowest BCUT2D eigenvalue weighted by Gasteiger charge is -2.19. The van der Waals surface area contributed by atoms with E-state index >= 15 is 0 Å². The molecule has 0 fully saturated rings. The van der Waals surface area contributed by atoms with Gasteiger partial charge in [0.1, 0.15) is 23.1 Å². The van der Waals surface area contributed by atoms with Crippen LogP contribution in [0.25, 0.3) is 11.1 Å². The number of fused-ring (bicyclic) bond motifs is 1. The monoisotopic (exact) mass is 268 g/mol. The fourth-order valence-electron chi connectivity index (χ4n) is 1.40. The van der Waals surface area contributed by atoms with Gasteiger partial charge in [0, 0.05) is 6.20 Å². The molecular formula is C12H13ClN2O3. The summed E-state index contributed by atoms with van der Waals surface area (Å²) in [5.74, 6) is 0. The van der Waals surface area contributed by atoms with Crippen LogP contribution < -0.4 is 5.32 Å². The van der Waals surface area contributed by atoms with E-state index in [1.54, 1.807) is 33.0 Å². The number of pyridine rings is 1. The summed E-state index contributed by atoms with van der Waals surface area (Å²) in [5, 5.41) is 3.01. The number of amides is 1. The average molecular weight is 269 g/mol. The SMILES string of the molecule is CC(C)(C)OC(=O)Nc1coc2c(Cl)ccnc12. The molecule has 0 aliphatic carbocycles. The van der Waals surface area contributed by atoms with Crippen molar-refractivity contribution in [1.82, 2.24) is 4.98 Å². The van der Waals surface area contributed by atoms with Gasteiger partial charge in [0.25, 0.3) is 0 Å². The molecule has 6 heteroatoms. The second kappa shape index (κ2) is 4.49. The minimum absolute atomic E-state index is 0.432. The molecule has 0 atom stereocenters. The molecule has 1 amide bonds. The number of anilines is 1. The number of nitrogens with zero attached hydrogens (tertiary/aromatic N) is 1. The second-order valence-corrected chi connectivity index (χ2v) is 5.15. The van der Waals surface area contributed by atoms with E-state index in [0.717, 1.165) is 0 Å². The first-order chi connectivity index (χ1) is 8.37. The van der Waals surface area contributed by atoms with Gasteiger partial charge in [-0.3, -0.25) is 10.3 Å². The van der Waals surface area contributed by atoms with Gasteiger partial charge in [0.2, 0.25) is 0 Å². The minimum Gasteiger partial charge on any atom is -0.459 e. The van der Waals surface area contributed by atoms with Crippen molar-refractivity contribution in [3.63, 3.8) is 0 Å². The summed E-state index contributed by atoms with van der Waals surface area (Å²) >= 11 is 5.94. The van der Waals surface area contributed by atoms with Crippen LogP contribution in [0.2, 0.25) is 5.02 Å². The molecule has 18 heavy (non-hydrogen) atoms. The highest BCUT2D eigenvalue weighted by molar-refractivity contribution is 6.35. The summed E-state index contributed by atoms with van der Waals surface area (Å²) in [4.78, 5) is 15.7. The van der Waals surface area contributed by atoms with Crippen LogP contribution in [-0.2, 0) is 4.74 Å². The van der Waals surface area contributed by atoms with Crippen molar-refractivity contribution in [2.45, 2.75) is 26.4 Å². The molecule has 2 aromatic heterocycles. The fourth-order valence-corrected chi connectivity index (χ4v) is 1.59. The lowest BCUT2D eigenvalue weighted by atomic mass is 10.2. The zero-order valence-corrected chi connectivity index (χ0v) is 11.0. The molecular weight excluding hydrogens is 256 g/mol. The van der Waals surface area contributed by atoms with Crippen LogP contribution in [0.1, 0.15) is 20.8 Å². The summed E-state index contributed by atoms with van der Waals surface area (Å²) in [5.41, 5.74) is 0.801. The number of halogens is 1. The molecule has 0 saturated heterocycles. The van der Waals surface area contributed by atoms with Crippen molar-refractivity contribution in [3.8, 4) is 0 Å². The van der Waals surface area contributed by atoms with E-state index in [0.29, 0.717) is 21.8 Å². The Labute approximate surface area is 109 Å². The smallest absolute Gasteiger partial charge is 0.412 e. The van der Waals surface area contributed by atoms with E-state index in [1.165, 1.54) is 6.26 Å². The fraction of sp³-hybridized carbons (Fsp3) is 0.333. The Bertz CT molecular complexity index is 587. The van der Waals surface area contributed by atoms with Gasteiger partial charge in [-0.1, -0.05) is 11.6 Å². The predicted octanol–water partition coefficient (Wildman–Crippen LogP) is 3.83. The first-order valence-corrected chi connectivity index (χ1v) is 5.76. The van der Waals surface area contributed by atoms with E-state index in [-0.39, 0.29) is 0 Å². The number of hydrogen-bond acceptors (Lipinski definition) is 4. The largest absolute Gasteiger partial charge is 0.459 e. The number of aromatic nitrogens is 1. The summed E-state index contributed by atoms with van der Waals surface area (Å²) in [6.07, 6.45) is 2.36. The standard InChI is InChI=1S/C12H13ClN2O3/c1-12(2,3)18-11(16)15-8-6-17-10-7(13)4-5-14-9(8)10/h4-6H,1-3H3,(H,15,16). The Morgan fingerprint density at radius 2 is 2.22 bits per heavy atom. The van der Waals surface area contributed by atoms with Crippen molar-refractivity contribution in [2.75, 3.05) is 5.32 Å². The van der Waals surface area contributed by atoms with Crippen molar-refractivity contribution in [1.29, 1.82) is 0 Å². The highest BCUT2D eigenvalue weighted by Gasteiger charge is 2.18. The third-order valence-electron chi connectivity index (χ3n) is 2.04. The molecule has 0 aromatic carbocycles. The first-order valence-electron chi connectivity index (χ1n) is 5.38. The Balaban J connectivity index is 2.23. The van der Waals surface area contributed by atoms with Crippen molar-refractivity contribution in [3.05, 3.63) is 23.5 Å². The molecule has 0 aliphatic rings. The van der Waals surface area contributed by atoms with Crippen molar-refractivity contribution >= 4 is 34.5 Å². The number of furan rings is 1. The van der Waals surface area contributed by atoms with Gasteiger partial charge in [-0.15, -0.1) is 0 Å². The van der Waals surface area contributed by atoms with Gasteiger partial charge in [0.15, 0.2) is 5.58 Å². The maximum atomic E-state index is 11.6. The predicted molar refractivity (Wildman–Crippen MR) is 68.9 cm³/mol. The first kappa shape index (κ1) is 12.7. The van der Waals surface area contributed by atoms with Crippen molar-refractivity contribution < 1.29 is 13.9 Å². The van der Waals surface area contributed by atoms with Crippen LogP contribution in [0.15, 0.2) is 22.9 Å². The van der Waals surface area contributed by atoms with Crippen LogP contribution in [0, 0.1) is 0 Å². The molecule has 5 nitrogen and oxygen atoms in total. The molecule has 0 radical (unpaired) electrons. The summed E-state index contributed by atoms with van der Waals surface area (Å²) in [6, 6.07) is 1.62. The van der Waals surface area contributed by atoms with Gasteiger partial charge < -0.3 is 9.15 Å². The van der Waals surface area contributed by atoms with Gasteiger partial charge in [-0.25, -0.2) is 4.79 Å². The molecule has 0 saturated carbocycles. The normalized spacial score (nSPS) is 11.6. The lowest BCUT2D eigenvalue weighted by Crippen LogP contribution is -2.27. The number of carbonyl (C=O) groups excluding carboxylic acids is 1. The molecule has 2 aromatic rings. The summed E-state index contributed by atoms with van der Waals surface area (Å²) in [7, 11) is 0. The van der Waals surface area contributed by atoms with Gasteiger partial charge in [-0.05, 0) is 26.8 Å². The molecule has 0 unspecified atom stereocenters. The zero-order chi connectivity index (χ0) is 13.3. The van der Waals surface area contributed by atoms with Crippen LogP contribution in [-0.4, -0.2) is 16.7 Å². The average Bonchev–Trinajstić information content (AvgIpc) is 2.60. The third kappa shape index (κ3) is 2.73. The Morgan fingerprint density at radius 1 is 1.50 bits per heavy atom. The number of ether oxygens (including phenoxy) is 1. The Hall–Kier alpha value is -1.75. The van der Waals surface area contributed by atoms with Gasteiger partial charge >= 0.3 is 6.09 Å². The Kier molecular flexibility index (Phi) is 3.17. The van der Waals surface area contributed by atoms with Gasteiger partial charge in [0.05, 0.1) is 5.02 Å². The summed E-state index contributed by atoms with van der Waals surface area (Å²) in [6.45, 7) is 5.36.